The Morgan fingerprint density at radius 2 is 2.11 bits per heavy atom. The van der Waals surface area contributed by atoms with Crippen molar-refractivity contribution in [2.45, 2.75) is 40.7 Å². The molecule has 0 fully saturated rings. The molecule has 0 bridgehead atoms. The predicted octanol–water partition coefficient (Wildman–Crippen LogP) is 5.64. The number of fused-ring (bicyclic) bond motifs is 2. The van der Waals surface area contributed by atoms with E-state index in [-0.39, 0.29) is 14.2 Å². The average Bonchev–Trinajstić information content (AvgIpc) is 3.52. The van der Waals surface area contributed by atoms with Crippen molar-refractivity contribution in [3.63, 3.8) is 0 Å². The van der Waals surface area contributed by atoms with Crippen LogP contribution in [0.4, 0.5) is 17.3 Å². The van der Waals surface area contributed by atoms with Crippen molar-refractivity contribution in [3.8, 4) is 10.6 Å². The first-order valence-electron chi connectivity index (χ1n) is 12.9. The number of likely N-dealkylation sites (N-methyl/N-ethyl adjacent to an activating group) is 1. The highest BCUT2D eigenvalue weighted by atomic mass is 32.1. The highest BCUT2D eigenvalue weighted by Gasteiger charge is 2.30. The standard InChI is InChI=1S/C28H35N7OS.2H2/c1-5-34(14-11-29)20-8-6-7-19(16-20)31-27-32-24(21-9-12-30-25(21)33-27)23-15-18-17-35(13-10-22(18)37-23)26(36)28(2,3)4;;/h6-9,12,15-16H,5,10-11,13-14,17,29H2,1-4H3,(H2,30,31,32,33);2*1H. The molecule has 4 N–H and O–H groups in total. The van der Waals surface area contributed by atoms with Gasteiger partial charge in [-0.2, -0.15) is 4.98 Å². The molecule has 4 heterocycles. The molecule has 9 heteroatoms. The van der Waals surface area contributed by atoms with Crippen LogP contribution in [0.5, 0.6) is 0 Å². The molecule has 1 aromatic carbocycles. The predicted molar refractivity (Wildman–Crippen MR) is 157 cm³/mol. The van der Waals surface area contributed by atoms with Gasteiger partial charge in [-0.05, 0) is 49.2 Å². The van der Waals surface area contributed by atoms with E-state index < -0.39 is 0 Å². The summed E-state index contributed by atoms with van der Waals surface area (Å²) in [6.07, 6.45) is 2.77. The van der Waals surface area contributed by atoms with Crippen LogP contribution in [0.2, 0.25) is 0 Å². The Labute approximate surface area is 224 Å². The Balaban J connectivity index is 0.00000210. The molecule has 8 nitrogen and oxygen atoms in total. The first-order chi connectivity index (χ1) is 17.8. The summed E-state index contributed by atoms with van der Waals surface area (Å²) in [5, 5.41) is 4.40. The van der Waals surface area contributed by atoms with Crippen molar-refractivity contribution in [3.05, 3.63) is 53.0 Å². The molecule has 0 saturated carbocycles. The smallest absolute Gasteiger partial charge is 0.229 e. The highest BCUT2D eigenvalue weighted by molar-refractivity contribution is 7.15. The minimum absolute atomic E-state index is 0. The summed E-state index contributed by atoms with van der Waals surface area (Å²) in [7, 11) is 0. The van der Waals surface area contributed by atoms with E-state index in [1.54, 1.807) is 11.3 Å². The fraction of sp³-hybridized carbons (Fsp3) is 0.393. The lowest BCUT2D eigenvalue weighted by molar-refractivity contribution is -0.140. The van der Waals surface area contributed by atoms with Crippen LogP contribution in [-0.2, 0) is 17.8 Å². The summed E-state index contributed by atoms with van der Waals surface area (Å²) >= 11 is 1.77. The van der Waals surface area contributed by atoms with Crippen molar-refractivity contribution in [2.24, 2.45) is 11.1 Å². The van der Waals surface area contributed by atoms with Crippen molar-refractivity contribution < 1.29 is 7.65 Å². The van der Waals surface area contributed by atoms with E-state index >= 15 is 0 Å². The number of hydrogen-bond donors (Lipinski definition) is 3. The highest BCUT2D eigenvalue weighted by Crippen LogP contribution is 2.38. The first kappa shape index (κ1) is 25.2. The number of benzene rings is 1. The van der Waals surface area contributed by atoms with Gasteiger partial charge < -0.3 is 25.8 Å². The van der Waals surface area contributed by atoms with Gasteiger partial charge in [0.15, 0.2) is 0 Å². The van der Waals surface area contributed by atoms with Crippen LogP contribution in [0, 0.1) is 5.41 Å². The number of rotatable bonds is 7. The molecule has 0 radical (unpaired) electrons. The number of nitrogens with one attached hydrogen (secondary N) is 2. The van der Waals surface area contributed by atoms with Gasteiger partial charge in [0.1, 0.15) is 5.65 Å². The third-order valence-corrected chi connectivity index (χ3v) is 7.94. The zero-order valence-corrected chi connectivity index (χ0v) is 22.8. The number of carbonyl (C=O) groups excluding carboxylic acids is 1. The molecule has 1 aliphatic rings. The zero-order chi connectivity index (χ0) is 26.2. The normalized spacial score (nSPS) is 13.6. The number of aromatic nitrogens is 3. The molecule has 4 aromatic rings. The van der Waals surface area contributed by atoms with Crippen LogP contribution in [0.3, 0.4) is 0 Å². The van der Waals surface area contributed by atoms with E-state index in [1.807, 2.05) is 50.1 Å². The summed E-state index contributed by atoms with van der Waals surface area (Å²) in [4.78, 5) is 32.5. The summed E-state index contributed by atoms with van der Waals surface area (Å²) in [6.45, 7) is 11.8. The number of thiophene rings is 1. The number of H-pyrrole nitrogens is 1. The van der Waals surface area contributed by atoms with Gasteiger partial charge in [-0.1, -0.05) is 26.8 Å². The lowest BCUT2D eigenvalue weighted by atomic mass is 9.93. The number of amides is 1. The van der Waals surface area contributed by atoms with Gasteiger partial charge in [-0.3, -0.25) is 4.79 Å². The van der Waals surface area contributed by atoms with Gasteiger partial charge in [0.05, 0.1) is 10.6 Å². The largest absolute Gasteiger partial charge is 0.370 e. The fourth-order valence-electron chi connectivity index (χ4n) is 4.82. The zero-order valence-electron chi connectivity index (χ0n) is 22.0. The maximum absolute atomic E-state index is 12.9. The SMILES string of the molecule is CCN(CCN)c1cccc(Nc2nc(-c3cc4c(s3)CCN(C(=O)C(C)(C)C)C4)c3cc[nH]c3n2)c1.[HH].[HH]. The number of nitrogens with two attached hydrogens (primary N) is 1. The monoisotopic (exact) mass is 521 g/mol. The molecular weight excluding hydrogens is 482 g/mol. The number of hydrogen-bond acceptors (Lipinski definition) is 7. The van der Waals surface area contributed by atoms with Crippen molar-refractivity contribution >= 4 is 45.6 Å². The van der Waals surface area contributed by atoms with E-state index in [0.717, 1.165) is 59.0 Å². The quantitative estimate of drug-likeness (QED) is 0.291. The molecule has 1 aliphatic heterocycles. The maximum atomic E-state index is 12.9. The van der Waals surface area contributed by atoms with E-state index in [0.29, 0.717) is 19.0 Å². The van der Waals surface area contributed by atoms with Crippen LogP contribution in [0.15, 0.2) is 42.6 Å². The Kier molecular flexibility index (Phi) is 6.92. The molecule has 0 spiro atoms. The van der Waals surface area contributed by atoms with Crippen LogP contribution in [0.25, 0.3) is 21.6 Å². The molecule has 0 unspecified atom stereocenters. The summed E-state index contributed by atoms with van der Waals surface area (Å²) in [5.41, 5.74) is 10.4. The van der Waals surface area contributed by atoms with Crippen LogP contribution in [0.1, 0.15) is 41.0 Å². The lowest BCUT2D eigenvalue weighted by Crippen LogP contribution is -2.41. The lowest BCUT2D eigenvalue weighted by Gasteiger charge is -2.32. The second-order valence-corrected chi connectivity index (χ2v) is 11.6. The number of carbonyl (C=O) groups is 1. The van der Waals surface area contributed by atoms with Crippen molar-refractivity contribution in [1.82, 2.24) is 19.9 Å². The van der Waals surface area contributed by atoms with Gasteiger partial charge in [0.25, 0.3) is 0 Å². The van der Waals surface area contributed by atoms with E-state index in [9.17, 15) is 4.79 Å². The summed E-state index contributed by atoms with van der Waals surface area (Å²) < 4.78 is 0. The van der Waals surface area contributed by atoms with Gasteiger partial charge in [0, 0.05) is 68.8 Å². The first-order valence-corrected chi connectivity index (χ1v) is 13.7. The summed E-state index contributed by atoms with van der Waals surface area (Å²) in [5.74, 6) is 0.739. The van der Waals surface area contributed by atoms with Gasteiger partial charge in [-0.15, -0.1) is 11.3 Å². The van der Waals surface area contributed by atoms with Crippen LogP contribution >= 0.6 is 11.3 Å². The molecule has 198 valence electrons. The Morgan fingerprint density at radius 3 is 2.86 bits per heavy atom. The summed E-state index contributed by atoms with van der Waals surface area (Å²) in [6, 6.07) is 12.5. The van der Waals surface area contributed by atoms with Crippen molar-refractivity contribution in [1.29, 1.82) is 0 Å². The molecule has 37 heavy (non-hydrogen) atoms. The van der Waals surface area contributed by atoms with E-state index in [2.05, 4.69) is 40.3 Å². The van der Waals surface area contributed by atoms with Crippen LogP contribution in [-0.4, -0.2) is 51.9 Å². The Hall–Kier alpha value is -3.43. The Bertz CT molecular complexity index is 1430. The Morgan fingerprint density at radius 1 is 1.27 bits per heavy atom. The fourth-order valence-corrected chi connectivity index (χ4v) is 5.98. The second-order valence-electron chi connectivity index (χ2n) is 10.5. The molecular formula is C28H39N7OS. The van der Waals surface area contributed by atoms with Crippen molar-refractivity contribution in [2.75, 3.05) is 36.4 Å². The van der Waals surface area contributed by atoms with Gasteiger partial charge in [0.2, 0.25) is 11.9 Å². The molecule has 0 atom stereocenters. The maximum Gasteiger partial charge on any atom is 0.229 e. The second kappa shape index (κ2) is 10.1. The topological polar surface area (TPSA) is 103 Å². The molecule has 1 amide bonds. The minimum atomic E-state index is -0.378. The molecule has 0 saturated heterocycles. The van der Waals surface area contributed by atoms with E-state index in [4.69, 9.17) is 15.7 Å². The molecule has 0 aliphatic carbocycles. The average molecular weight is 522 g/mol. The molecule has 5 rings (SSSR count). The number of nitrogens with zero attached hydrogens (tertiary/aromatic N) is 4. The van der Waals surface area contributed by atoms with Gasteiger partial charge in [-0.25, -0.2) is 4.98 Å². The van der Waals surface area contributed by atoms with Crippen LogP contribution < -0.4 is 16.0 Å². The van der Waals surface area contributed by atoms with Gasteiger partial charge >= 0.3 is 0 Å². The third-order valence-electron chi connectivity index (χ3n) is 6.69. The number of anilines is 3. The third kappa shape index (κ3) is 5.19. The van der Waals surface area contributed by atoms with E-state index in [1.165, 1.54) is 10.4 Å². The number of aromatic amines is 1. The minimum Gasteiger partial charge on any atom is -0.370 e. The molecule has 3 aromatic heterocycles.